The predicted molar refractivity (Wildman–Crippen MR) is 183 cm³/mol. The van der Waals surface area contributed by atoms with Gasteiger partial charge in [-0.25, -0.2) is 0 Å². The zero-order valence-corrected chi connectivity index (χ0v) is 29.3. The molecule has 6 atom stereocenters. The van der Waals surface area contributed by atoms with Crippen LogP contribution in [-0.2, 0) is 20.9 Å². The Morgan fingerprint density at radius 2 is 1.73 bits per heavy atom. The molecule has 248 valence electrons. The number of rotatable bonds is 14. The van der Waals surface area contributed by atoms with Gasteiger partial charge in [0.2, 0.25) is 17.7 Å². The second-order valence-electron chi connectivity index (χ2n) is 15.5. The summed E-state index contributed by atoms with van der Waals surface area (Å²) in [5, 5.41) is 10.7. The molecular weight excluding hydrogens is 582 g/mol. The van der Waals surface area contributed by atoms with E-state index >= 15 is 4.79 Å². The third-order valence-corrected chi connectivity index (χ3v) is 11.7. The number of likely N-dealkylation sites (tertiary alicyclic amines) is 1. The molecule has 1 spiro atoms. The van der Waals surface area contributed by atoms with Crippen molar-refractivity contribution in [1.82, 2.24) is 14.7 Å². The molecule has 0 saturated carbocycles. The quantitative estimate of drug-likeness (QED) is 0.256. The van der Waals surface area contributed by atoms with Crippen LogP contribution in [0.5, 0.6) is 0 Å². The summed E-state index contributed by atoms with van der Waals surface area (Å²) in [5.74, 6) is -1.26. The molecule has 8 heteroatoms. The fraction of sp³-hybridized carbons (Fsp3) is 0.649. The van der Waals surface area contributed by atoms with Crippen molar-refractivity contribution in [2.24, 2.45) is 23.2 Å². The molecule has 0 radical (unpaired) electrons. The van der Waals surface area contributed by atoms with Crippen LogP contribution >= 0.6 is 11.8 Å². The fourth-order valence-electron chi connectivity index (χ4n) is 8.57. The number of hydrogen-bond acceptors (Lipinski definition) is 5. The number of aliphatic hydroxyl groups excluding tert-OH is 1. The molecule has 45 heavy (non-hydrogen) atoms. The summed E-state index contributed by atoms with van der Waals surface area (Å²) in [5.41, 5.74) is 0.475. The standard InChI is InChI=1S/C37H55N3O4S/c1-10-19-38(22-26-15-13-12-14-16-26)32(42)29-28-17-18-37(45-28)30(29)33(43)40(27(23-41)21-25(3)4)31(37)34(44)39(20-11-2)36(8,9)24-35(5,6)7/h10-16,25,27-31,41H,1-2,17-24H2,3-9H3/t27-,28-,29+,30+,31?,37?/m1/s1. The van der Waals surface area contributed by atoms with Crippen LogP contribution in [0.15, 0.2) is 55.6 Å². The van der Waals surface area contributed by atoms with Crippen molar-refractivity contribution < 1.29 is 19.5 Å². The van der Waals surface area contributed by atoms with Crippen LogP contribution in [0.25, 0.3) is 0 Å². The van der Waals surface area contributed by atoms with Crippen molar-refractivity contribution in [1.29, 1.82) is 0 Å². The molecule has 1 aromatic rings. The molecule has 3 aliphatic heterocycles. The molecule has 2 unspecified atom stereocenters. The topological polar surface area (TPSA) is 81.2 Å². The average Bonchev–Trinajstić information content (AvgIpc) is 3.60. The number of fused-ring (bicyclic) bond motifs is 1. The normalized spacial score (nSPS) is 26.6. The van der Waals surface area contributed by atoms with Crippen molar-refractivity contribution in [3.63, 3.8) is 0 Å². The van der Waals surface area contributed by atoms with Crippen molar-refractivity contribution >= 4 is 29.5 Å². The number of carbonyl (C=O) groups excluding carboxylic acids is 3. The van der Waals surface area contributed by atoms with Gasteiger partial charge in [-0.2, -0.15) is 0 Å². The van der Waals surface area contributed by atoms with E-state index in [1.54, 1.807) is 28.8 Å². The van der Waals surface area contributed by atoms with Crippen molar-refractivity contribution in [2.75, 3.05) is 19.7 Å². The van der Waals surface area contributed by atoms with Gasteiger partial charge in [-0.3, -0.25) is 14.4 Å². The molecule has 7 nitrogen and oxygen atoms in total. The molecule has 2 bridgehead atoms. The number of hydrogen-bond donors (Lipinski definition) is 1. The Morgan fingerprint density at radius 1 is 1.09 bits per heavy atom. The van der Waals surface area contributed by atoms with Gasteiger partial charge in [-0.15, -0.1) is 24.9 Å². The Hall–Kier alpha value is -2.58. The lowest BCUT2D eigenvalue weighted by atomic mass is 9.70. The molecule has 3 fully saturated rings. The molecule has 3 amide bonds. The minimum absolute atomic E-state index is 0.0358. The largest absolute Gasteiger partial charge is 0.394 e. The van der Waals surface area contributed by atoms with Gasteiger partial charge in [-0.05, 0) is 56.4 Å². The number of nitrogens with zero attached hydrogens (tertiary/aromatic N) is 3. The van der Waals surface area contributed by atoms with E-state index in [4.69, 9.17) is 0 Å². The average molecular weight is 638 g/mol. The van der Waals surface area contributed by atoms with Crippen LogP contribution < -0.4 is 0 Å². The van der Waals surface area contributed by atoms with E-state index in [9.17, 15) is 14.7 Å². The number of amides is 3. The molecular formula is C37H55N3O4S. The van der Waals surface area contributed by atoms with E-state index in [1.165, 1.54) is 0 Å². The Balaban J connectivity index is 1.80. The number of benzene rings is 1. The van der Waals surface area contributed by atoms with Crippen molar-refractivity contribution in [3.8, 4) is 0 Å². The lowest BCUT2D eigenvalue weighted by Crippen LogP contribution is -2.61. The molecule has 1 N–H and O–H groups in total. The second-order valence-corrected chi connectivity index (χ2v) is 17.1. The molecule has 4 rings (SSSR count). The Kier molecular flexibility index (Phi) is 10.7. The van der Waals surface area contributed by atoms with E-state index in [2.05, 4.69) is 61.6 Å². The van der Waals surface area contributed by atoms with Gasteiger partial charge in [0.15, 0.2) is 0 Å². The first-order valence-electron chi connectivity index (χ1n) is 16.6. The van der Waals surface area contributed by atoms with Gasteiger partial charge in [0.25, 0.3) is 0 Å². The van der Waals surface area contributed by atoms with E-state index in [0.29, 0.717) is 32.5 Å². The monoisotopic (exact) mass is 637 g/mol. The van der Waals surface area contributed by atoms with Crippen molar-refractivity contribution in [2.45, 2.75) is 108 Å². The summed E-state index contributed by atoms with van der Waals surface area (Å²) in [6.07, 6.45) is 6.30. The van der Waals surface area contributed by atoms with Gasteiger partial charge in [0.1, 0.15) is 6.04 Å². The maximum atomic E-state index is 15.1. The first-order chi connectivity index (χ1) is 21.1. The van der Waals surface area contributed by atoms with Gasteiger partial charge < -0.3 is 19.8 Å². The van der Waals surface area contributed by atoms with Gasteiger partial charge >= 0.3 is 0 Å². The summed E-state index contributed by atoms with van der Waals surface area (Å²) in [7, 11) is 0. The molecule has 1 aromatic carbocycles. The van der Waals surface area contributed by atoms with Gasteiger partial charge in [-0.1, -0.05) is 77.1 Å². The lowest BCUT2D eigenvalue weighted by Gasteiger charge is -2.46. The molecule has 3 aliphatic rings. The minimum atomic E-state index is -0.764. The first kappa shape index (κ1) is 35.3. The van der Waals surface area contributed by atoms with Crippen molar-refractivity contribution in [3.05, 3.63) is 61.2 Å². The highest BCUT2D eigenvalue weighted by molar-refractivity contribution is 8.02. The number of thioether (sulfide) groups is 1. The molecule has 0 aliphatic carbocycles. The van der Waals surface area contributed by atoms with Crippen LogP contribution in [-0.4, -0.2) is 84.8 Å². The Labute approximate surface area is 275 Å². The van der Waals surface area contributed by atoms with E-state index < -0.39 is 34.2 Å². The van der Waals surface area contributed by atoms with E-state index in [1.807, 2.05) is 40.1 Å². The molecule has 0 aromatic heterocycles. The number of aliphatic hydroxyl groups is 1. The van der Waals surface area contributed by atoms with E-state index in [0.717, 1.165) is 18.4 Å². The third-order valence-electron chi connectivity index (χ3n) is 9.75. The lowest BCUT2D eigenvalue weighted by molar-refractivity contribution is -0.150. The molecule has 3 heterocycles. The summed E-state index contributed by atoms with van der Waals surface area (Å²) in [6, 6.07) is 8.61. The smallest absolute Gasteiger partial charge is 0.247 e. The summed E-state index contributed by atoms with van der Waals surface area (Å²) in [4.78, 5) is 49.8. The van der Waals surface area contributed by atoms with Crippen LogP contribution in [0.3, 0.4) is 0 Å². The maximum absolute atomic E-state index is 15.1. The highest BCUT2D eigenvalue weighted by atomic mass is 32.2. The van der Waals surface area contributed by atoms with Crippen LogP contribution in [0.2, 0.25) is 0 Å². The zero-order valence-electron chi connectivity index (χ0n) is 28.5. The van der Waals surface area contributed by atoms with E-state index in [-0.39, 0.29) is 40.9 Å². The highest BCUT2D eigenvalue weighted by Crippen LogP contribution is 2.67. The highest BCUT2D eigenvalue weighted by Gasteiger charge is 2.75. The zero-order chi connectivity index (χ0) is 33.3. The third kappa shape index (κ3) is 6.92. The van der Waals surface area contributed by atoms with Crippen LogP contribution in [0.4, 0.5) is 0 Å². The number of carbonyl (C=O) groups is 3. The Bertz CT molecular complexity index is 1260. The van der Waals surface area contributed by atoms with Crippen LogP contribution in [0.1, 0.15) is 79.7 Å². The van der Waals surface area contributed by atoms with Gasteiger partial charge in [0, 0.05) is 30.4 Å². The summed E-state index contributed by atoms with van der Waals surface area (Å²) < 4.78 is -0.729. The first-order valence-corrected chi connectivity index (χ1v) is 17.5. The summed E-state index contributed by atoms with van der Waals surface area (Å²) >= 11 is 1.69. The fourth-order valence-corrected chi connectivity index (χ4v) is 10.8. The SMILES string of the molecule is C=CCN(Cc1ccccc1)C(=O)[C@@H]1[C@H]2C(=O)N([C@@H](CO)CC(C)C)C(C(=O)N(CC=C)C(C)(C)CC(C)(C)C)C23CC[C@H]1S3. The predicted octanol–water partition coefficient (Wildman–Crippen LogP) is 5.93. The second kappa shape index (κ2) is 13.6. The minimum Gasteiger partial charge on any atom is -0.394 e. The summed E-state index contributed by atoms with van der Waals surface area (Å²) in [6.45, 7) is 23.7. The van der Waals surface area contributed by atoms with Gasteiger partial charge in [0.05, 0.1) is 29.2 Å². The maximum Gasteiger partial charge on any atom is 0.247 e. The van der Waals surface area contributed by atoms with Crippen LogP contribution in [0, 0.1) is 23.2 Å². The molecule has 3 saturated heterocycles. The Morgan fingerprint density at radius 3 is 2.29 bits per heavy atom.